The van der Waals surface area contributed by atoms with Crippen LogP contribution in [0.15, 0.2) is 18.7 Å². The molecule has 0 atom stereocenters. The van der Waals surface area contributed by atoms with E-state index in [1.165, 1.54) is 0 Å². The van der Waals surface area contributed by atoms with E-state index in [4.69, 9.17) is 4.74 Å². The molecule has 1 rings (SSSR count). The van der Waals surface area contributed by atoms with Gasteiger partial charge in [0.2, 0.25) is 6.33 Å². The van der Waals surface area contributed by atoms with Crippen LogP contribution in [0.2, 0.25) is 0 Å². The lowest BCUT2D eigenvalue weighted by Gasteiger charge is -1.98. The van der Waals surface area contributed by atoms with Crippen molar-refractivity contribution in [2.45, 2.75) is 19.9 Å². The van der Waals surface area contributed by atoms with Crippen LogP contribution in [0.3, 0.4) is 0 Å². The van der Waals surface area contributed by atoms with Crippen LogP contribution >= 0.6 is 0 Å². The molecular formula is C8H15N2O+. The Morgan fingerprint density at radius 1 is 1.45 bits per heavy atom. The number of aromatic amines is 1. The van der Waals surface area contributed by atoms with Crippen molar-refractivity contribution in [1.82, 2.24) is 4.98 Å². The van der Waals surface area contributed by atoms with Gasteiger partial charge in [-0.25, -0.2) is 4.57 Å². The second kappa shape index (κ2) is 4.91. The van der Waals surface area contributed by atoms with E-state index in [1.54, 1.807) is 0 Å². The SMILES string of the molecule is CCCOCC[n+]1cc[nH]c1. The average molecular weight is 155 g/mol. The van der Waals surface area contributed by atoms with Crippen LogP contribution in [0.1, 0.15) is 13.3 Å². The van der Waals surface area contributed by atoms with E-state index < -0.39 is 0 Å². The molecule has 0 saturated heterocycles. The molecule has 0 unspecified atom stereocenters. The topological polar surface area (TPSA) is 28.9 Å². The fourth-order valence-electron chi connectivity index (χ4n) is 0.876. The maximum absolute atomic E-state index is 5.32. The smallest absolute Gasteiger partial charge is 0.241 e. The molecule has 3 nitrogen and oxygen atoms in total. The van der Waals surface area contributed by atoms with E-state index in [9.17, 15) is 0 Å². The number of rotatable bonds is 5. The Bertz CT molecular complexity index is 172. The van der Waals surface area contributed by atoms with Gasteiger partial charge in [-0.05, 0) is 6.42 Å². The van der Waals surface area contributed by atoms with Crippen molar-refractivity contribution in [3.63, 3.8) is 0 Å². The molecule has 0 amide bonds. The van der Waals surface area contributed by atoms with Gasteiger partial charge in [-0.15, -0.1) is 0 Å². The molecule has 3 heteroatoms. The summed E-state index contributed by atoms with van der Waals surface area (Å²) in [4.78, 5) is 2.98. The molecule has 0 bridgehead atoms. The van der Waals surface area contributed by atoms with Crippen molar-refractivity contribution in [3.05, 3.63) is 18.7 Å². The zero-order valence-corrected chi connectivity index (χ0v) is 6.92. The molecular weight excluding hydrogens is 140 g/mol. The van der Waals surface area contributed by atoms with Gasteiger partial charge in [0.1, 0.15) is 18.9 Å². The molecule has 11 heavy (non-hydrogen) atoms. The predicted octanol–water partition coefficient (Wildman–Crippen LogP) is 0.729. The van der Waals surface area contributed by atoms with Gasteiger partial charge in [0.05, 0.1) is 6.61 Å². The normalized spacial score (nSPS) is 10.3. The fourth-order valence-corrected chi connectivity index (χ4v) is 0.876. The molecule has 0 aliphatic heterocycles. The van der Waals surface area contributed by atoms with E-state index in [0.29, 0.717) is 0 Å². The molecule has 1 N–H and O–H groups in total. The molecule has 0 fully saturated rings. The first-order valence-corrected chi connectivity index (χ1v) is 4.03. The zero-order valence-electron chi connectivity index (χ0n) is 6.92. The van der Waals surface area contributed by atoms with E-state index in [-0.39, 0.29) is 0 Å². The molecule has 0 radical (unpaired) electrons. The summed E-state index contributed by atoms with van der Waals surface area (Å²) in [6.07, 6.45) is 6.92. The van der Waals surface area contributed by atoms with Gasteiger partial charge < -0.3 is 4.74 Å². The van der Waals surface area contributed by atoms with Crippen LogP contribution in [-0.4, -0.2) is 18.2 Å². The standard InChI is InChI=1S/C8H14N2O/c1-2-6-11-7-5-10-4-3-9-8-10/h3-4,8H,2,5-7H2,1H3/p+1. The quantitative estimate of drug-likeness (QED) is 0.493. The van der Waals surface area contributed by atoms with Crippen molar-refractivity contribution >= 4 is 0 Å². The highest BCUT2D eigenvalue weighted by atomic mass is 16.5. The third kappa shape index (κ3) is 3.18. The first-order chi connectivity index (χ1) is 5.43. The first-order valence-electron chi connectivity index (χ1n) is 4.03. The summed E-state index contributed by atoms with van der Waals surface area (Å²) in [6, 6.07) is 0. The van der Waals surface area contributed by atoms with Gasteiger partial charge in [-0.2, -0.15) is 0 Å². The number of imidazole rings is 1. The molecule has 0 saturated carbocycles. The molecule has 62 valence electrons. The summed E-state index contributed by atoms with van der Waals surface area (Å²) < 4.78 is 7.39. The van der Waals surface area contributed by atoms with Crippen LogP contribution in [0.25, 0.3) is 0 Å². The summed E-state index contributed by atoms with van der Waals surface area (Å²) in [6.45, 7) is 4.72. The number of H-pyrrole nitrogens is 1. The highest BCUT2D eigenvalue weighted by Gasteiger charge is 1.94. The maximum Gasteiger partial charge on any atom is 0.241 e. The highest BCUT2D eigenvalue weighted by Crippen LogP contribution is 1.79. The average Bonchev–Trinajstić information content (AvgIpc) is 2.50. The lowest BCUT2D eigenvalue weighted by Crippen LogP contribution is -2.33. The third-order valence-electron chi connectivity index (χ3n) is 1.44. The van der Waals surface area contributed by atoms with Crippen LogP contribution in [0.5, 0.6) is 0 Å². The summed E-state index contributed by atoms with van der Waals surface area (Å²) in [5, 5.41) is 0. The van der Waals surface area contributed by atoms with Crippen LogP contribution in [0.4, 0.5) is 0 Å². The molecule has 0 aliphatic rings. The molecule has 1 heterocycles. The Morgan fingerprint density at radius 3 is 3.00 bits per heavy atom. The Labute approximate surface area is 67.0 Å². The zero-order chi connectivity index (χ0) is 7.94. The number of nitrogens with one attached hydrogen (secondary N) is 1. The molecule has 0 aromatic carbocycles. The second-order valence-corrected chi connectivity index (χ2v) is 2.46. The van der Waals surface area contributed by atoms with Gasteiger partial charge in [0.25, 0.3) is 0 Å². The molecule has 0 spiro atoms. The van der Waals surface area contributed by atoms with Gasteiger partial charge in [-0.3, -0.25) is 4.98 Å². The molecule has 1 aromatic heterocycles. The van der Waals surface area contributed by atoms with E-state index in [1.807, 2.05) is 18.7 Å². The third-order valence-corrected chi connectivity index (χ3v) is 1.44. The van der Waals surface area contributed by atoms with Crippen LogP contribution in [0, 0.1) is 0 Å². The number of hydrogen-bond acceptors (Lipinski definition) is 1. The van der Waals surface area contributed by atoms with Gasteiger partial charge >= 0.3 is 0 Å². The lowest BCUT2D eigenvalue weighted by molar-refractivity contribution is -0.697. The number of nitrogens with zero attached hydrogens (tertiary/aromatic N) is 1. The first kappa shape index (κ1) is 8.27. The Balaban J connectivity index is 2.04. The maximum atomic E-state index is 5.32. The molecule has 0 aliphatic carbocycles. The minimum atomic E-state index is 0.802. The van der Waals surface area contributed by atoms with Crippen molar-refractivity contribution in [3.8, 4) is 0 Å². The fraction of sp³-hybridized carbons (Fsp3) is 0.625. The van der Waals surface area contributed by atoms with E-state index >= 15 is 0 Å². The van der Waals surface area contributed by atoms with Crippen molar-refractivity contribution in [1.29, 1.82) is 0 Å². The van der Waals surface area contributed by atoms with E-state index in [2.05, 4.69) is 16.5 Å². The van der Waals surface area contributed by atoms with Gasteiger partial charge in [0.15, 0.2) is 0 Å². The van der Waals surface area contributed by atoms with E-state index in [0.717, 1.165) is 26.2 Å². The summed E-state index contributed by atoms with van der Waals surface area (Å²) in [7, 11) is 0. The second-order valence-electron chi connectivity index (χ2n) is 2.46. The predicted molar refractivity (Wildman–Crippen MR) is 42.1 cm³/mol. The van der Waals surface area contributed by atoms with Crippen molar-refractivity contribution in [2.75, 3.05) is 13.2 Å². The minimum Gasteiger partial charge on any atom is -0.377 e. The number of aromatic nitrogens is 2. The molecule has 1 aromatic rings. The van der Waals surface area contributed by atoms with Gasteiger partial charge in [0, 0.05) is 6.61 Å². The van der Waals surface area contributed by atoms with Crippen molar-refractivity contribution in [2.24, 2.45) is 0 Å². The van der Waals surface area contributed by atoms with Crippen LogP contribution < -0.4 is 4.57 Å². The van der Waals surface area contributed by atoms with Gasteiger partial charge in [-0.1, -0.05) is 6.92 Å². The summed E-state index contributed by atoms with van der Waals surface area (Å²) >= 11 is 0. The van der Waals surface area contributed by atoms with Crippen molar-refractivity contribution < 1.29 is 9.30 Å². The number of hydrogen-bond donors (Lipinski definition) is 1. The lowest BCUT2D eigenvalue weighted by atomic mass is 10.5. The number of ether oxygens (including phenoxy) is 1. The Morgan fingerprint density at radius 2 is 2.36 bits per heavy atom. The van der Waals surface area contributed by atoms with Crippen LogP contribution in [-0.2, 0) is 11.3 Å². The summed E-state index contributed by atoms with van der Waals surface area (Å²) in [5.41, 5.74) is 0. The minimum absolute atomic E-state index is 0.802. The Kier molecular flexibility index (Phi) is 3.69. The monoisotopic (exact) mass is 155 g/mol. The Hall–Kier alpha value is -0.830. The highest BCUT2D eigenvalue weighted by molar-refractivity contribution is 4.55. The summed E-state index contributed by atoms with van der Waals surface area (Å²) in [5.74, 6) is 0. The largest absolute Gasteiger partial charge is 0.377 e.